The lowest BCUT2D eigenvalue weighted by atomic mass is 10.1. The van der Waals surface area contributed by atoms with Crippen molar-refractivity contribution in [3.05, 3.63) is 5.69 Å². The van der Waals surface area contributed by atoms with Gasteiger partial charge in [0.05, 0.1) is 18.5 Å². The minimum absolute atomic E-state index is 0.0685. The van der Waals surface area contributed by atoms with E-state index in [1.807, 2.05) is 17.2 Å². The standard InChI is InChI=1S/C15H20N6O4S/c1-9(22)25-8-11-12(17)13(19-14(18-11)26-2)20-5-6-21(15(23)24)10(7-20)3-4-16/h10H,3,5-8,17H2,1-2H3,(H,23,24)/t10-/m0/s1. The molecule has 2 rings (SSSR count). The van der Waals surface area contributed by atoms with Crippen LogP contribution in [0, 0.1) is 11.3 Å². The summed E-state index contributed by atoms with van der Waals surface area (Å²) >= 11 is 1.32. The molecule has 1 atom stereocenters. The van der Waals surface area contributed by atoms with Crippen LogP contribution in [-0.2, 0) is 16.1 Å². The summed E-state index contributed by atoms with van der Waals surface area (Å²) in [5.74, 6) is 0.0129. The molecule has 1 saturated heterocycles. The molecule has 0 saturated carbocycles. The lowest BCUT2D eigenvalue weighted by molar-refractivity contribution is -0.142. The highest BCUT2D eigenvalue weighted by Crippen LogP contribution is 2.29. The molecule has 0 bridgehead atoms. The van der Waals surface area contributed by atoms with Gasteiger partial charge in [-0.25, -0.2) is 14.8 Å². The van der Waals surface area contributed by atoms with Crippen LogP contribution in [0.2, 0.25) is 0 Å². The van der Waals surface area contributed by atoms with Gasteiger partial charge in [-0.05, 0) is 6.26 Å². The van der Waals surface area contributed by atoms with Gasteiger partial charge in [-0.2, -0.15) is 5.26 Å². The minimum Gasteiger partial charge on any atom is -0.465 e. The molecular formula is C15H20N6O4S. The van der Waals surface area contributed by atoms with Gasteiger partial charge >= 0.3 is 12.1 Å². The summed E-state index contributed by atoms with van der Waals surface area (Å²) < 4.78 is 4.99. The van der Waals surface area contributed by atoms with E-state index in [9.17, 15) is 14.7 Å². The van der Waals surface area contributed by atoms with Crippen molar-refractivity contribution < 1.29 is 19.4 Å². The fourth-order valence-corrected chi connectivity index (χ4v) is 3.05. The predicted octanol–water partition coefficient (Wildman–Crippen LogP) is 0.926. The van der Waals surface area contributed by atoms with E-state index in [-0.39, 0.29) is 25.3 Å². The highest BCUT2D eigenvalue weighted by atomic mass is 32.2. The number of rotatable bonds is 5. The topological polar surface area (TPSA) is 146 Å². The Kier molecular flexibility index (Phi) is 6.46. The number of hydrogen-bond acceptors (Lipinski definition) is 9. The first-order valence-corrected chi connectivity index (χ1v) is 9.05. The van der Waals surface area contributed by atoms with Gasteiger partial charge in [0.15, 0.2) is 11.0 Å². The number of esters is 1. The van der Waals surface area contributed by atoms with Crippen molar-refractivity contribution in [2.45, 2.75) is 31.1 Å². The van der Waals surface area contributed by atoms with E-state index in [1.165, 1.54) is 23.6 Å². The molecule has 140 valence electrons. The number of thioether (sulfide) groups is 1. The van der Waals surface area contributed by atoms with Gasteiger partial charge in [0.25, 0.3) is 0 Å². The summed E-state index contributed by atoms with van der Waals surface area (Å²) in [5.41, 5.74) is 6.85. The molecule has 1 aromatic rings. The van der Waals surface area contributed by atoms with E-state index in [1.54, 1.807) is 0 Å². The molecule has 10 nitrogen and oxygen atoms in total. The van der Waals surface area contributed by atoms with Crippen LogP contribution in [-0.4, -0.2) is 64.0 Å². The number of carboxylic acid groups (broad SMARTS) is 1. The third kappa shape index (κ3) is 4.45. The number of anilines is 2. The van der Waals surface area contributed by atoms with Gasteiger partial charge in [-0.1, -0.05) is 11.8 Å². The number of amides is 1. The SMILES string of the molecule is CSc1nc(COC(C)=O)c(N)c(N2CCN(C(=O)O)[C@@H](CC#N)C2)n1. The van der Waals surface area contributed by atoms with Crippen LogP contribution in [0.1, 0.15) is 19.0 Å². The van der Waals surface area contributed by atoms with E-state index in [0.29, 0.717) is 29.8 Å². The molecule has 3 N–H and O–H groups in total. The third-order valence-electron chi connectivity index (χ3n) is 3.93. The van der Waals surface area contributed by atoms with Crippen LogP contribution in [0.15, 0.2) is 5.16 Å². The second-order valence-electron chi connectivity index (χ2n) is 5.61. The molecule has 0 aliphatic carbocycles. The quantitative estimate of drug-likeness (QED) is 0.429. The van der Waals surface area contributed by atoms with Crippen LogP contribution in [0.4, 0.5) is 16.3 Å². The smallest absolute Gasteiger partial charge is 0.407 e. The molecule has 0 aromatic carbocycles. The molecule has 0 unspecified atom stereocenters. The summed E-state index contributed by atoms with van der Waals surface area (Å²) in [4.78, 5) is 34.2. The van der Waals surface area contributed by atoms with E-state index in [2.05, 4.69) is 9.97 Å². The van der Waals surface area contributed by atoms with Crippen molar-refractivity contribution in [1.82, 2.24) is 14.9 Å². The number of ether oxygens (including phenoxy) is 1. The zero-order chi connectivity index (χ0) is 19.3. The highest BCUT2D eigenvalue weighted by Gasteiger charge is 2.32. The number of piperazine rings is 1. The molecule has 0 radical (unpaired) electrons. The zero-order valence-electron chi connectivity index (χ0n) is 14.5. The molecule has 1 aliphatic rings. The van der Waals surface area contributed by atoms with Gasteiger partial charge in [-0.15, -0.1) is 0 Å². The van der Waals surface area contributed by atoms with E-state index < -0.39 is 18.1 Å². The van der Waals surface area contributed by atoms with Crippen LogP contribution < -0.4 is 10.6 Å². The maximum Gasteiger partial charge on any atom is 0.407 e. The Morgan fingerprint density at radius 1 is 1.46 bits per heavy atom. The van der Waals surface area contributed by atoms with Crippen LogP contribution in [0.5, 0.6) is 0 Å². The van der Waals surface area contributed by atoms with Crippen LogP contribution >= 0.6 is 11.8 Å². The first-order valence-electron chi connectivity index (χ1n) is 7.82. The van der Waals surface area contributed by atoms with Crippen molar-refractivity contribution in [1.29, 1.82) is 5.26 Å². The van der Waals surface area contributed by atoms with Crippen molar-refractivity contribution in [3.8, 4) is 6.07 Å². The lowest BCUT2D eigenvalue weighted by Crippen LogP contribution is -2.55. The van der Waals surface area contributed by atoms with Crippen LogP contribution in [0.3, 0.4) is 0 Å². The maximum atomic E-state index is 11.3. The van der Waals surface area contributed by atoms with Gasteiger partial charge in [0.1, 0.15) is 18.0 Å². The summed E-state index contributed by atoms with van der Waals surface area (Å²) in [6, 6.07) is 1.54. The number of nitrogen functional groups attached to an aromatic ring is 1. The minimum atomic E-state index is -1.05. The normalized spacial score (nSPS) is 16.9. The number of nitrogens with two attached hydrogens (primary N) is 1. The van der Waals surface area contributed by atoms with Crippen molar-refractivity contribution in [3.63, 3.8) is 0 Å². The fraction of sp³-hybridized carbons (Fsp3) is 0.533. The van der Waals surface area contributed by atoms with Gasteiger partial charge in [0.2, 0.25) is 0 Å². The molecule has 2 heterocycles. The third-order valence-corrected chi connectivity index (χ3v) is 4.48. The summed E-state index contributed by atoms with van der Waals surface area (Å²) in [7, 11) is 0. The molecule has 1 amide bonds. The average molecular weight is 380 g/mol. The number of aromatic nitrogens is 2. The Hall–Kier alpha value is -2.74. The van der Waals surface area contributed by atoms with Crippen molar-refractivity contribution in [2.24, 2.45) is 0 Å². The Morgan fingerprint density at radius 2 is 2.19 bits per heavy atom. The summed E-state index contributed by atoms with van der Waals surface area (Å²) in [5, 5.41) is 18.7. The largest absolute Gasteiger partial charge is 0.465 e. The lowest BCUT2D eigenvalue weighted by Gasteiger charge is -2.40. The molecule has 1 aliphatic heterocycles. The molecule has 26 heavy (non-hydrogen) atoms. The predicted molar refractivity (Wildman–Crippen MR) is 94.7 cm³/mol. The maximum absolute atomic E-state index is 11.3. The zero-order valence-corrected chi connectivity index (χ0v) is 15.3. The molecule has 11 heteroatoms. The average Bonchev–Trinajstić information content (AvgIpc) is 2.60. The summed E-state index contributed by atoms with van der Waals surface area (Å²) in [6.07, 6.45) is 0.829. The Labute approximate surface area is 154 Å². The first kappa shape index (κ1) is 19.6. The molecular weight excluding hydrogens is 360 g/mol. The van der Waals surface area contributed by atoms with Crippen molar-refractivity contribution >= 4 is 35.3 Å². The van der Waals surface area contributed by atoms with Gasteiger partial charge in [0, 0.05) is 26.6 Å². The molecule has 0 spiro atoms. The van der Waals surface area contributed by atoms with E-state index in [4.69, 9.17) is 15.7 Å². The number of nitriles is 1. The first-order chi connectivity index (χ1) is 12.4. The second kappa shape index (κ2) is 8.57. The second-order valence-corrected chi connectivity index (χ2v) is 6.39. The number of hydrogen-bond donors (Lipinski definition) is 2. The van der Waals surface area contributed by atoms with E-state index >= 15 is 0 Å². The van der Waals surface area contributed by atoms with Gasteiger partial charge in [-0.3, -0.25) is 4.79 Å². The summed E-state index contributed by atoms with van der Waals surface area (Å²) in [6.45, 7) is 2.14. The number of nitrogens with zero attached hydrogens (tertiary/aromatic N) is 5. The Morgan fingerprint density at radius 3 is 2.77 bits per heavy atom. The van der Waals surface area contributed by atoms with Gasteiger partial charge < -0.3 is 25.4 Å². The molecule has 1 fully saturated rings. The fourth-order valence-electron chi connectivity index (χ4n) is 2.67. The Bertz CT molecular complexity index is 738. The Balaban J connectivity index is 2.32. The van der Waals surface area contributed by atoms with E-state index in [0.717, 1.165) is 0 Å². The monoisotopic (exact) mass is 380 g/mol. The van der Waals surface area contributed by atoms with Crippen LogP contribution in [0.25, 0.3) is 0 Å². The highest BCUT2D eigenvalue weighted by molar-refractivity contribution is 7.98. The number of carbonyl (C=O) groups excluding carboxylic acids is 1. The molecule has 1 aromatic heterocycles. The van der Waals surface area contributed by atoms with Crippen molar-refractivity contribution in [2.75, 3.05) is 36.5 Å². The number of carbonyl (C=O) groups is 2.